The number of aliphatic hydroxyl groups is 1. The van der Waals surface area contributed by atoms with Crippen molar-refractivity contribution in [3.05, 3.63) is 0 Å². The number of rotatable bonds is 2. The van der Waals surface area contributed by atoms with Crippen LogP contribution in [0.3, 0.4) is 0 Å². The maximum Gasteiger partial charge on any atom is 0.0741 e. The van der Waals surface area contributed by atoms with Gasteiger partial charge in [0.1, 0.15) is 0 Å². The molecule has 0 amide bonds. The molecule has 44 valence electrons. The minimum atomic E-state index is -0.369. The zero-order valence-corrected chi connectivity index (χ0v) is 5.99. The first-order valence-corrected chi connectivity index (χ1v) is 3.30. The van der Waals surface area contributed by atoms with E-state index in [0.29, 0.717) is 5.75 Å². The Morgan fingerprint density at radius 2 is 2.14 bits per heavy atom. The first-order valence-electron chi connectivity index (χ1n) is 2.15. The van der Waals surface area contributed by atoms with Gasteiger partial charge in [-0.15, -0.1) is 0 Å². The third-order valence-electron chi connectivity index (χ3n) is 0.744. The summed E-state index contributed by atoms with van der Waals surface area (Å²) in [6.45, 7) is 1.84. The predicted molar refractivity (Wildman–Crippen MR) is 38.3 cm³/mol. The van der Waals surface area contributed by atoms with Gasteiger partial charge in [-0.25, -0.2) is 0 Å². The van der Waals surface area contributed by atoms with Crippen LogP contribution < -0.4 is 0 Å². The Hall–Kier alpha value is 0.660. The van der Waals surface area contributed by atoms with Crippen LogP contribution in [0.15, 0.2) is 0 Å². The second-order valence-corrected chi connectivity index (χ2v) is 2.67. The highest BCUT2D eigenvalue weighted by Crippen LogP contribution is 2.00. The van der Waals surface area contributed by atoms with E-state index in [9.17, 15) is 0 Å². The van der Waals surface area contributed by atoms with Crippen molar-refractivity contribution in [2.45, 2.75) is 18.3 Å². The van der Waals surface area contributed by atoms with Crippen LogP contribution >= 0.6 is 25.3 Å². The Kier molecular flexibility index (Phi) is 3.98. The molecule has 0 rings (SSSR count). The lowest BCUT2D eigenvalue weighted by Gasteiger charge is -2.08. The van der Waals surface area contributed by atoms with Crippen molar-refractivity contribution in [1.82, 2.24) is 0 Å². The number of aliphatic hydroxyl groups excluding tert-OH is 1. The summed E-state index contributed by atoms with van der Waals surface area (Å²) in [7, 11) is 0. The fourth-order valence-electron chi connectivity index (χ4n) is 0.153. The zero-order valence-electron chi connectivity index (χ0n) is 4.20. The van der Waals surface area contributed by atoms with Crippen molar-refractivity contribution in [3.63, 3.8) is 0 Å². The lowest BCUT2D eigenvalue weighted by molar-refractivity contribution is 0.202. The van der Waals surface area contributed by atoms with Crippen LogP contribution in [0.1, 0.15) is 6.92 Å². The zero-order chi connectivity index (χ0) is 5.86. The molecule has 0 aromatic carbocycles. The summed E-state index contributed by atoms with van der Waals surface area (Å²) >= 11 is 7.83. The minimum absolute atomic E-state index is 0.0394. The largest absolute Gasteiger partial charge is 0.391 e. The third-order valence-corrected chi connectivity index (χ3v) is 1.46. The number of hydrogen-bond acceptors (Lipinski definition) is 3. The van der Waals surface area contributed by atoms with Gasteiger partial charge in [0.15, 0.2) is 0 Å². The summed E-state index contributed by atoms with van der Waals surface area (Å²) in [4.78, 5) is 0. The fraction of sp³-hybridized carbons (Fsp3) is 1.00. The summed E-state index contributed by atoms with van der Waals surface area (Å²) in [5.41, 5.74) is 0. The molecule has 2 unspecified atom stereocenters. The van der Waals surface area contributed by atoms with Crippen molar-refractivity contribution >= 4 is 25.3 Å². The molecule has 3 heteroatoms. The van der Waals surface area contributed by atoms with Crippen molar-refractivity contribution < 1.29 is 5.11 Å². The fourth-order valence-corrected chi connectivity index (χ4v) is 0.740. The first kappa shape index (κ1) is 7.66. The smallest absolute Gasteiger partial charge is 0.0741 e. The van der Waals surface area contributed by atoms with Crippen LogP contribution in [-0.2, 0) is 0 Å². The van der Waals surface area contributed by atoms with Gasteiger partial charge >= 0.3 is 0 Å². The maximum atomic E-state index is 8.78. The topological polar surface area (TPSA) is 20.2 Å². The van der Waals surface area contributed by atoms with Crippen LogP contribution in [0.2, 0.25) is 0 Å². The van der Waals surface area contributed by atoms with Gasteiger partial charge in [0, 0.05) is 11.0 Å². The molecule has 1 nitrogen and oxygen atoms in total. The van der Waals surface area contributed by atoms with Gasteiger partial charge in [0.05, 0.1) is 6.10 Å². The standard InChI is InChI=1S/C4H10OS2/c1-3(7)4(5)2-6/h3-7H,2H2,1H3. The lowest BCUT2D eigenvalue weighted by Crippen LogP contribution is -2.18. The van der Waals surface area contributed by atoms with E-state index in [1.54, 1.807) is 0 Å². The molecule has 0 spiro atoms. The molecule has 0 saturated carbocycles. The van der Waals surface area contributed by atoms with E-state index in [4.69, 9.17) is 5.11 Å². The minimum Gasteiger partial charge on any atom is -0.391 e. The maximum absolute atomic E-state index is 8.78. The lowest BCUT2D eigenvalue weighted by atomic mass is 10.3. The highest BCUT2D eigenvalue weighted by Gasteiger charge is 2.04. The molecule has 0 radical (unpaired) electrons. The average molecular weight is 138 g/mol. The molecule has 0 saturated heterocycles. The van der Waals surface area contributed by atoms with Crippen LogP contribution in [0.25, 0.3) is 0 Å². The monoisotopic (exact) mass is 138 g/mol. The molecule has 0 fully saturated rings. The third kappa shape index (κ3) is 3.26. The van der Waals surface area contributed by atoms with E-state index in [1.807, 2.05) is 6.92 Å². The average Bonchev–Trinajstić information content (AvgIpc) is 1.65. The molecule has 7 heavy (non-hydrogen) atoms. The molecular formula is C4H10OS2. The van der Waals surface area contributed by atoms with Gasteiger partial charge < -0.3 is 5.11 Å². The summed E-state index contributed by atoms with van der Waals surface area (Å²) in [5.74, 6) is 0.491. The molecular weight excluding hydrogens is 128 g/mol. The normalized spacial score (nSPS) is 18.9. The SMILES string of the molecule is CC(S)C(O)CS. The van der Waals surface area contributed by atoms with Crippen molar-refractivity contribution in [1.29, 1.82) is 0 Å². The molecule has 0 heterocycles. The second kappa shape index (κ2) is 3.64. The molecule has 0 bridgehead atoms. The van der Waals surface area contributed by atoms with Crippen LogP contribution in [0.5, 0.6) is 0 Å². The molecule has 0 aliphatic carbocycles. The van der Waals surface area contributed by atoms with Gasteiger partial charge in [-0.1, -0.05) is 6.92 Å². The van der Waals surface area contributed by atoms with E-state index in [-0.39, 0.29) is 11.4 Å². The van der Waals surface area contributed by atoms with E-state index in [1.165, 1.54) is 0 Å². The van der Waals surface area contributed by atoms with E-state index in [0.717, 1.165) is 0 Å². The Morgan fingerprint density at radius 1 is 1.71 bits per heavy atom. The Bertz CT molecular complexity index is 47.0. The predicted octanol–water partition coefficient (Wildman–Crippen LogP) is 0.595. The second-order valence-electron chi connectivity index (χ2n) is 1.49. The summed E-state index contributed by atoms with van der Waals surface area (Å²) in [6.07, 6.45) is -0.369. The Balaban J connectivity index is 3.14. The summed E-state index contributed by atoms with van der Waals surface area (Å²) in [5, 5.41) is 8.82. The van der Waals surface area contributed by atoms with Gasteiger partial charge in [0.2, 0.25) is 0 Å². The molecule has 1 N–H and O–H groups in total. The van der Waals surface area contributed by atoms with E-state index < -0.39 is 0 Å². The van der Waals surface area contributed by atoms with E-state index in [2.05, 4.69) is 25.3 Å². The summed E-state index contributed by atoms with van der Waals surface area (Å²) < 4.78 is 0. The Labute approximate surface area is 54.9 Å². The van der Waals surface area contributed by atoms with Crippen LogP contribution in [-0.4, -0.2) is 22.2 Å². The van der Waals surface area contributed by atoms with Gasteiger partial charge in [-0.05, 0) is 0 Å². The van der Waals surface area contributed by atoms with Crippen LogP contribution in [0, 0.1) is 0 Å². The van der Waals surface area contributed by atoms with Gasteiger partial charge in [0.25, 0.3) is 0 Å². The van der Waals surface area contributed by atoms with Crippen molar-refractivity contribution in [2.24, 2.45) is 0 Å². The molecule has 0 aromatic heterocycles. The van der Waals surface area contributed by atoms with E-state index >= 15 is 0 Å². The Morgan fingerprint density at radius 3 is 2.14 bits per heavy atom. The first-order chi connectivity index (χ1) is 3.18. The molecule has 0 aliphatic rings. The highest BCUT2D eigenvalue weighted by molar-refractivity contribution is 7.81. The van der Waals surface area contributed by atoms with Crippen molar-refractivity contribution in [3.8, 4) is 0 Å². The number of hydrogen-bond donors (Lipinski definition) is 3. The van der Waals surface area contributed by atoms with Gasteiger partial charge in [-0.3, -0.25) is 0 Å². The van der Waals surface area contributed by atoms with Crippen LogP contribution in [0.4, 0.5) is 0 Å². The summed E-state index contributed by atoms with van der Waals surface area (Å²) in [6, 6.07) is 0. The highest BCUT2D eigenvalue weighted by atomic mass is 32.1. The molecule has 2 atom stereocenters. The van der Waals surface area contributed by atoms with Crippen molar-refractivity contribution in [2.75, 3.05) is 5.75 Å². The molecule has 0 aliphatic heterocycles. The number of thiol groups is 2. The quantitative estimate of drug-likeness (QED) is 0.477. The molecule has 0 aromatic rings. The van der Waals surface area contributed by atoms with Gasteiger partial charge in [-0.2, -0.15) is 25.3 Å².